The van der Waals surface area contributed by atoms with Gasteiger partial charge in [-0.05, 0) is 29.7 Å². The molecule has 0 saturated carbocycles. The molecule has 1 aliphatic rings. The van der Waals surface area contributed by atoms with Gasteiger partial charge in [-0.15, -0.1) is 5.10 Å². The first-order valence-electron chi connectivity index (χ1n) is 9.48. The third kappa shape index (κ3) is 5.03. The second-order valence-corrected chi connectivity index (χ2v) is 7.40. The number of benzene rings is 1. The second kappa shape index (κ2) is 9.80. The van der Waals surface area contributed by atoms with E-state index < -0.39 is 37.1 Å². The van der Waals surface area contributed by atoms with Crippen LogP contribution in [0.1, 0.15) is 36.3 Å². The van der Waals surface area contributed by atoms with Crippen LogP contribution in [0.3, 0.4) is 0 Å². The lowest BCUT2D eigenvalue weighted by molar-refractivity contribution is -0.231. The Hall–Kier alpha value is -1.81. The van der Waals surface area contributed by atoms with Gasteiger partial charge in [0.05, 0.1) is 18.9 Å². The summed E-state index contributed by atoms with van der Waals surface area (Å²) in [5.41, 5.74) is 1.98. The average Bonchev–Trinajstić information content (AvgIpc) is 2.73. The van der Waals surface area contributed by atoms with Crippen LogP contribution in [0.25, 0.3) is 0 Å². The maximum absolute atomic E-state index is 10.3. The zero-order chi connectivity index (χ0) is 21.0. The third-order valence-electron chi connectivity index (χ3n) is 4.81. The van der Waals surface area contributed by atoms with Crippen molar-refractivity contribution >= 4 is 11.6 Å². The molecule has 1 aliphatic heterocycles. The van der Waals surface area contributed by atoms with E-state index >= 15 is 0 Å². The van der Waals surface area contributed by atoms with E-state index in [1.165, 1.54) is 0 Å². The van der Waals surface area contributed by atoms with Crippen molar-refractivity contribution in [1.29, 1.82) is 0 Å². The largest absolute Gasteiger partial charge is 0.477 e. The molecule has 1 aromatic carbocycles. The zero-order valence-corrected chi connectivity index (χ0v) is 16.7. The first-order valence-corrected chi connectivity index (χ1v) is 9.86. The van der Waals surface area contributed by atoms with Crippen LogP contribution in [0, 0.1) is 0 Å². The summed E-state index contributed by atoms with van der Waals surface area (Å²) in [5.74, 6) is 0.455. The van der Waals surface area contributed by atoms with Crippen LogP contribution < -0.4 is 4.74 Å². The highest BCUT2D eigenvalue weighted by atomic mass is 35.5. The number of aromatic nitrogens is 2. The third-order valence-corrected chi connectivity index (χ3v) is 5.18. The van der Waals surface area contributed by atoms with Gasteiger partial charge in [0.15, 0.2) is 0 Å². The topological polar surface area (TPSA) is 125 Å². The fourth-order valence-corrected chi connectivity index (χ4v) is 3.39. The van der Waals surface area contributed by atoms with Gasteiger partial charge in [-0.3, -0.25) is 0 Å². The average molecular weight is 425 g/mol. The number of hydrogen-bond donors (Lipinski definition) is 4. The number of aliphatic hydroxyl groups excluding tert-OH is 4. The summed E-state index contributed by atoms with van der Waals surface area (Å²) in [6.07, 6.45) is -4.81. The minimum absolute atomic E-state index is 0.394. The Labute approximate surface area is 173 Å². The SMILES string of the molecule is CCCOc1ccc(Cc2cc([C@@H]3O[C@H](CO)[C@@H](O)[C@H](O)[C@H]3O)ccc2Cl)nn1. The lowest BCUT2D eigenvalue weighted by Gasteiger charge is -2.40. The number of ether oxygens (including phenoxy) is 2. The van der Waals surface area contributed by atoms with Crippen molar-refractivity contribution in [2.24, 2.45) is 0 Å². The predicted molar refractivity (Wildman–Crippen MR) is 105 cm³/mol. The molecule has 29 heavy (non-hydrogen) atoms. The molecule has 2 heterocycles. The number of halogens is 1. The minimum Gasteiger partial charge on any atom is -0.477 e. The van der Waals surface area contributed by atoms with Crippen LogP contribution in [0.5, 0.6) is 5.88 Å². The molecule has 0 spiro atoms. The Bertz CT molecular complexity index is 804. The van der Waals surface area contributed by atoms with E-state index in [4.69, 9.17) is 21.1 Å². The van der Waals surface area contributed by atoms with Gasteiger partial charge in [-0.1, -0.05) is 30.7 Å². The Kier molecular flexibility index (Phi) is 7.39. The van der Waals surface area contributed by atoms with Gasteiger partial charge >= 0.3 is 0 Å². The number of nitrogens with zero attached hydrogens (tertiary/aromatic N) is 2. The molecule has 0 amide bonds. The molecule has 0 unspecified atom stereocenters. The lowest BCUT2D eigenvalue weighted by Crippen LogP contribution is -2.55. The van der Waals surface area contributed by atoms with Crippen molar-refractivity contribution in [3.63, 3.8) is 0 Å². The Morgan fingerprint density at radius 2 is 1.86 bits per heavy atom. The molecule has 1 aromatic heterocycles. The van der Waals surface area contributed by atoms with Crippen LogP contribution in [0.4, 0.5) is 0 Å². The van der Waals surface area contributed by atoms with E-state index in [1.54, 1.807) is 30.3 Å². The van der Waals surface area contributed by atoms with Crippen LogP contribution in [0.15, 0.2) is 30.3 Å². The monoisotopic (exact) mass is 424 g/mol. The molecule has 1 saturated heterocycles. The number of hydrogen-bond acceptors (Lipinski definition) is 8. The summed E-state index contributed by atoms with van der Waals surface area (Å²) >= 11 is 6.32. The molecule has 0 aliphatic carbocycles. The van der Waals surface area contributed by atoms with E-state index in [0.717, 1.165) is 12.0 Å². The van der Waals surface area contributed by atoms with Crippen LogP contribution in [-0.2, 0) is 11.2 Å². The minimum atomic E-state index is -1.44. The van der Waals surface area contributed by atoms with Gasteiger partial charge in [-0.25, -0.2) is 0 Å². The van der Waals surface area contributed by atoms with Gasteiger partial charge in [-0.2, -0.15) is 5.10 Å². The standard InChI is InChI=1S/C20H25ClN2O6/c1-2-7-28-16-6-4-13(22-23-16)9-12-8-11(3-5-14(12)21)20-19(27)18(26)17(25)15(10-24)29-20/h3-6,8,15,17-20,24-27H,2,7,9-10H2,1H3/t15-,17-,18+,19-,20+/m1/s1. The van der Waals surface area contributed by atoms with E-state index in [9.17, 15) is 20.4 Å². The van der Waals surface area contributed by atoms with Gasteiger partial charge in [0.2, 0.25) is 5.88 Å². The highest BCUT2D eigenvalue weighted by molar-refractivity contribution is 6.31. The zero-order valence-electron chi connectivity index (χ0n) is 16.0. The van der Waals surface area contributed by atoms with E-state index in [0.29, 0.717) is 35.2 Å². The second-order valence-electron chi connectivity index (χ2n) is 6.99. The number of rotatable bonds is 7. The fourth-order valence-electron chi connectivity index (χ4n) is 3.20. The maximum atomic E-state index is 10.3. The van der Waals surface area contributed by atoms with Crippen molar-refractivity contribution in [2.45, 2.75) is 50.3 Å². The summed E-state index contributed by atoms with van der Waals surface area (Å²) in [6.45, 7) is 2.09. The van der Waals surface area contributed by atoms with E-state index in [-0.39, 0.29) is 0 Å². The molecule has 2 aromatic rings. The first kappa shape index (κ1) is 21.9. The summed E-state index contributed by atoms with van der Waals surface area (Å²) in [7, 11) is 0. The molecule has 8 nitrogen and oxygen atoms in total. The van der Waals surface area contributed by atoms with Gasteiger partial charge in [0.1, 0.15) is 30.5 Å². The lowest BCUT2D eigenvalue weighted by atomic mass is 9.90. The predicted octanol–water partition coefficient (Wildman–Crippen LogP) is 1.02. The van der Waals surface area contributed by atoms with Crippen molar-refractivity contribution in [3.05, 3.63) is 52.2 Å². The van der Waals surface area contributed by atoms with Crippen molar-refractivity contribution in [1.82, 2.24) is 10.2 Å². The van der Waals surface area contributed by atoms with Crippen LogP contribution in [-0.4, -0.2) is 68.3 Å². The molecule has 0 radical (unpaired) electrons. The molecule has 1 fully saturated rings. The Morgan fingerprint density at radius 1 is 1.07 bits per heavy atom. The van der Waals surface area contributed by atoms with E-state index in [1.807, 2.05) is 6.92 Å². The van der Waals surface area contributed by atoms with E-state index in [2.05, 4.69) is 10.2 Å². The molecule has 9 heteroatoms. The quantitative estimate of drug-likeness (QED) is 0.519. The molecular weight excluding hydrogens is 400 g/mol. The molecule has 158 valence electrons. The van der Waals surface area contributed by atoms with Gasteiger partial charge in [0, 0.05) is 17.5 Å². The molecule has 0 bridgehead atoms. The fraction of sp³-hybridized carbons (Fsp3) is 0.500. The molecule has 3 rings (SSSR count). The number of aliphatic hydroxyl groups is 4. The van der Waals surface area contributed by atoms with Crippen molar-refractivity contribution in [3.8, 4) is 5.88 Å². The normalized spacial score (nSPS) is 27.0. The summed E-state index contributed by atoms with van der Waals surface area (Å²) in [4.78, 5) is 0. The summed E-state index contributed by atoms with van der Waals surface area (Å²) in [5, 5.41) is 48.4. The molecule has 4 N–H and O–H groups in total. The summed E-state index contributed by atoms with van der Waals surface area (Å²) in [6, 6.07) is 8.63. The maximum Gasteiger partial charge on any atom is 0.233 e. The Balaban J connectivity index is 1.79. The molecule has 5 atom stereocenters. The highest BCUT2D eigenvalue weighted by Gasteiger charge is 2.44. The summed E-state index contributed by atoms with van der Waals surface area (Å²) < 4.78 is 11.0. The van der Waals surface area contributed by atoms with Gasteiger partial charge < -0.3 is 29.9 Å². The van der Waals surface area contributed by atoms with Gasteiger partial charge in [0.25, 0.3) is 0 Å². The first-order chi connectivity index (χ1) is 13.9. The smallest absolute Gasteiger partial charge is 0.233 e. The van der Waals surface area contributed by atoms with Crippen molar-refractivity contribution in [2.75, 3.05) is 13.2 Å². The van der Waals surface area contributed by atoms with Crippen molar-refractivity contribution < 1.29 is 29.9 Å². The van der Waals surface area contributed by atoms with Crippen LogP contribution >= 0.6 is 11.6 Å². The molecular formula is C20H25ClN2O6. The Morgan fingerprint density at radius 3 is 2.52 bits per heavy atom. The highest BCUT2D eigenvalue weighted by Crippen LogP contribution is 2.34. The van der Waals surface area contributed by atoms with Crippen LogP contribution in [0.2, 0.25) is 5.02 Å².